The average Bonchev–Trinajstić information content (AvgIpc) is 2.73. The highest BCUT2D eigenvalue weighted by Gasteiger charge is 2.11. The summed E-state index contributed by atoms with van der Waals surface area (Å²) in [5.41, 5.74) is 8.28. The number of halogens is 2. The van der Waals surface area contributed by atoms with Gasteiger partial charge >= 0.3 is 0 Å². The van der Waals surface area contributed by atoms with Crippen LogP contribution in [0.4, 0.5) is 5.69 Å². The zero-order valence-electron chi connectivity index (χ0n) is 9.15. The van der Waals surface area contributed by atoms with Crippen LogP contribution in [0.5, 0.6) is 0 Å². The fraction of sp³-hybridized carbons (Fsp3) is 0. The summed E-state index contributed by atoms with van der Waals surface area (Å²) in [7, 11) is 0. The lowest BCUT2D eigenvalue weighted by Crippen LogP contribution is -1.84. The van der Waals surface area contributed by atoms with Crippen molar-refractivity contribution in [2.75, 3.05) is 5.73 Å². The third-order valence-electron chi connectivity index (χ3n) is 2.56. The van der Waals surface area contributed by atoms with Crippen LogP contribution in [0, 0.1) is 0 Å². The van der Waals surface area contributed by atoms with Crippen molar-refractivity contribution in [3.05, 3.63) is 46.4 Å². The van der Waals surface area contributed by atoms with Crippen LogP contribution in [-0.2, 0) is 0 Å². The Kier molecular flexibility index (Phi) is 2.65. The van der Waals surface area contributed by atoms with E-state index in [0.717, 1.165) is 5.56 Å². The fourth-order valence-electron chi connectivity index (χ4n) is 1.77. The van der Waals surface area contributed by atoms with E-state index in [4.69, 9.17) is 33.4 Å². The highest BCUT2D eigenvalue weighted by molar-refractivity contribution is 6.31. The lowest BCUT2D eigenvalue weighted by Gasteiger charge is -1.95. The molecule has 3 nitrogen and oxygen atoms in total. The molecular weight excluding hydrogens is 271 g/mol. The number of oxazole rings is 1. The van der Waals surface area contributed by atoms with Crippen molar-refractivity contribution < 1.29 is 4.42 Å². The van der Waals surface area contributed by atoms with Crippen LogP contribution < -0.4 is 5.73 Å². The molecule has 0 saturated carbocycles. The first-order valence-corrected chi connectivity index (χ1v) is 6.00. The maximum Gasteiger partial charge on any atom is 0.227 e. The molecular formula is C13H8Cl2N2O. The SMILES string of the molecule is Nc1cc(Cl)cc2nc(-c3cccc(Cl)c3)oc12. The minimum Gasteiger partial charge on any atom is -0.434 e. The highest BCUT2D eigenvalue weighted by atomic mass is 35.5. The highest BCUT2D eigenvalue weighted by Crippen LogP contribution is 2.31. The van der Waals surface area contributed by atoms with Crippen molar-refractivity contribution in [2.45, 2.75) is 0 Å². The summed E-state index contributed by atoms with van der Waals surface area (Å²) >= 11 is 11.9. The number of rotatable bonds is 1. The molecule has 0 unspecified atom stereocenters. The summed E-state index contributed by atoms with van der Waals surface area (Å²) in [6.45, 7) is 0. The number of anilines is 1. The lowest BCUT2D eigenvalue weighted by atomic mass is 10.2. The number of nitrogens with two attached hydrogens (primary N) is 1. The topological polar surface area (TPSA) is 52.0 Å². The second-order valence-electron chi connectivity index (χ2n) is 3.87. The van der Waals surface area contributed by atoms with Crippen LogP contribution >= 0.6 is 23.2 Å². The van der Waals surface area contributed by atoms with E-state index in [9.17, 15) is 0 Å². The summed E-state index contributed by atoms with van der Waals surface area (Å²) in [5, 5.41) is 1.16. The third-order valence-corrected chi connectivity index (χ3v) is 3.01. The second kappa shape index (κ2) is 4.19. The molecule has 0 amide bonds. The fourth-order valence-corrected chi connectivity index (χ4v) is 2.18. The molecule has 0 aliphatic rings. The van der Waals surface area contributed by atoms with Crippen LogP contribution in [-0.4, -0.2) is 4.98 Å². The number of nitrogens with zero attached hydrogens (tertiary/aromatic N) is 1. The molecule has 2 aromatic carbocycles. The van der Waals surface area contributed by atoms with Gasteiger partial charge in [0, 0.05) is 15.6 Å². The molecule has 0 bridgehead atoms. The minimum atomic E-state index is 0.471. The first-order valence-electron chi connectivity index (χ1n) is 5.25. The molecule has 1 heterocycles. The van der Waals surface area contributed by atoms with Crippen molar-refractivity contribution in [3.8, 4) is 11.5 Å². The van der Waals surface area contributed by atoms with Crippen molar-refractivity contribution in [2.24, 2.45) is 0 Å². The second-order valence-corrected chi connectivity index (χ2v) is 4.75. The molecule has 3 rings (SSSR count). The summed E-state index contributed by atoms with van der Waals surface area (Å²) in [6.07, 6.45) is 0. The summed E-state index contributed by atoms with van der Waals surface area (Å²) < 4.78 is 5.64. The molecule has 0 spiro atoms. The van der Waals surface area contributed by atoms with Crippen LogP contribution in [0.15, 0.2) is 40.8 Å². The molecule has 0 radical (unpaired) electrons. The molecule has 5 heteroatoms. The Morgan fingerprint density at radius 2 is 1.89 bits per heavy atom. The number of aromatic nitrogens is 1. The van der Waals surface area contributed by atoms with Gasteiger partial charge in [0.05, 0.1) is 5.69 Å². The molecule has 0 fully saturated rings. The van der Waals surface area contributed by atoms with Gasteiger partial charge in [-0.3, -0.25) is 0 Å². The average molecular weight is 279 g/mol. The zero-order valence-corrected chi connectivity index (χ0v) is 10.7. The Morgan fingerprint density at radius 3 is 2.67 bits per heavy atom. The molecule has 0 aliphatic heterocycles. The van der Waals surface area contributed by atoms with Crippen LogP contribution in [0.3, 0.4) is 0 Å². The zero-order chi connectivity index (χ0) is 12.7. The summed E-state index contributed by atoms with van der Waals surface area (Å²) in [4.78, 5) is 4.36. The minimum absolute atomic E-state index is 0.471. The van der Waals surface area contributed by atoms with Gasteiger partial charge in [0.1, 0.15) is 5.52 Å². The molecule has 0 aliphatic carbocycles. The van der Waals surface area contributed by atoms with E-state index in [1.165, 1.54) is 0 Å². The smallest absolute Gasteiger partial charge is 0.227 e. The van der Waals surface area contributed by atoms with E-state index in [2.05, 4.69) is 4.98 Å². The van der Waals surface area contributed by atoms with Crippen molar-refractivity contribution >= 4 is 40.0 Å². The Bertz CT molecular complexity index is 737. The maximum absolute atomic E-state index is 5.93. The molecule has 3 aromatic rings. The molecule has 0 saturated heterocycles. The van der Waals surface area contributed by atoms with E-state index in [-0.39, 0.29) is 0 Å². The maximum atomic E-state index is 5.93. The van der Waals surface area contributed by atoms with Crippen molar-refractivity contribution in [1.29, 1.82) is 0 Å². The van der Waals surface area contributed by atoms with Gasteiger partial charge in [0.15, 0.2) is 5.58 Å². The van der Waals surface area contributed by atoms with E-state index in [1.807, 2.05) is 12.1 Å². The number of hydrogen-bond acceptors (Lipinski definition) is 3. The van der Waals surface area contributed by atoms with Crippen LogP contribution in [0.25, 0.3) is 22.6 Å². The van der Waals surface area contributed by atoms with Gasteiger partial charge in [0.25, 0.3) is 0 Å². The first kappa shape index (κ1) is 11.4. The number of fused-ring (bicyclic) bond motifs is 1. The summed E-state index contributed by atoms with van der Waals surface area (Å²) in [6, 6.07) is 10.6. The Balaban J connectivity index is 2.22. The van der Waals surface area contributed by atoms with Gasteiger partial charge in [0.2, 0.25) is 5.89 Å². The van der Waals surface area contributed by atoms with Crippen molar-refractivity contribution in [1.82, 2.24) is 4.98 Å². The predicted octanol–water partition coefficient (Wildman–Crippen LogP) is 4.38. The van der Waals surface area contributed by atoms with Gasteiger partial charge in [-0.15, -0.1) is 0 Å². The Hall–Kier alpha value is -1.71. The number of nitrogen functional groups attached to an aromatic ring is 1. The standard InChI is InChI=1S/C13H8Cl2N2O/c14-8-3-1-2-7(4-8)13-17-11-6-9(15)5-10(16)12(11)18-13/h1-6H,16H2. The molecule has 18 heavy (non-hydrogen) atoms. The Labute approximate surface area is 113 Å². The molecule has 90 valence electrons. The molecule has 2 N–H and O–H groups in total. The quantitative estimate of drug-likeness (QED) is 0.672. The van der Waals surface area contributed by atoms with Crippen molar-refractivity contribution in [3.63, 3.8) is 0 Å². The molecule has 1 aromatic heterocycles. The van der Waals surface area contributed by atoms with Gasteiger partial charge in [-0.2, -0.15) is 0 Å². The van der Waals surface area contributed by atoms with Crippen LogP contribution in [0.2, 0.25) is 10.0 Å². The predicted molar refractivity (Wildman–Crippen MR) is 73.9 cm³/mol. The van der Waals surface area contributed by atoms with E-state index >= 15 is 0 Å². The van der Waals surface area contributed by atoms with Gasteiger partial charge in [-0.05, 0) is 30.3 Å². The van der Waals surface area contributed by atoms with E-state index in [1.54, 1.807) is 24.3 Å². The van der Waals surface area contributed by atoms with E-state index in [0.29, 0.717) is 32.7 Å². The molecule has 0 atom stereocenters. The number of benzene rings is 2. The lowest BCUT2D eigenvalue weighted by molar-refractivity contribution is 0.621. The number of hydrogen-bond donors (Lipinski definition) is 1. The first-order chi connectivity index (χ1) is 8.63. The Morgan fingerprint density at radius 1 is 1.06 bits per heavy atom. The largest absolute Gasteiger partial charge is 0.434 e. The normalized spacial score (nSPS) is 11.0. The summed E-state index contributed by atoms with van der Waals surface area (Å²) in [5.74, 6) is 0.474. The van der Waals surface area contributed by atoms with E-state index < -0.39 is 0 Å². The van der Waals surface area contributed by atoms with Gasteiger partial charge < -0.3 is 10.2 Å². The monoisotopic (exact) mass is 278 g/mol. The van der Waals surface area contributed by atoms with Gasteiger partial charge in [-0.25, -0.2) is 4.98 Å². The third kappa shape index (κ3) is 1.92. The van der Waals surface area contributed by atoms with Gasteiger partial charge in [-0.1, -0.05) is 29.3 Å². The van der Waals surface area contributed by atoms with Crippen LogP contribution in [0.1, 0.15) is 0 Å².